The van der Waals surface area contributed by atoms with Gasteiger partial charge in [0.05, 0.1) is 10.5 Å². The fraction of sp³-hybridized carbons (Fsp3) is 0.500. The first-order chi connectivity index (χ1) is 8.82. The summed E-state index contributed by atoms with van der Waals surface area (Å²) in [6, 6.07) is 4.98. The van der Waals surface area contributed by atoms with Gasteiger partial charge in [-0.1, -0.05) is 15.9 Å². The van der Waals surface area contributed by atoms with E-state index in [9.17, 15) is 8.42 Å². The molecule has 0 spiro atoms. The van der Waals surface area contributed by atoms with Crippen LogP contribution in [0.5, 0.6) is 0 Å². The molecule has 1 N–H and O–H groups in total. The molecule has 1 aromatic rings. The van der Waals surface area contributed by atoms with E-state index < -0.39 is 15.6 Å². The van der Waals surface area contributed by atoms with E-state index in [1.807, 2.05) is 6.92 Å². The lowest BCUT2D eigenvalue weighted by molar-refractivity contribution is 0.0250. The standard InChI is InChI=1S/C12H15Br2NO3S/c1-12(5-2-6-18-12)8-15-19(16,17)11-4-3-9(13)7-10(11)14/h3-4,7,15H,2,5-6,8H2,1H3. The number of benzene rings is 1. The van der Waals surface area contributed by atoms with E-state index in [2.05, 4.69) is 36.6 Å². The Morgan fingerprint density at radius 1 is 1.42 bits per heavy atom. The van der Waals surface area contributed by atoms with Crippen LogP contribution in [-0.4, -0.2) is 27.2 Å². The monoisotopic (exact) mass is 411 g/mol. The summed E-state index contributed by atoms with van der Waals surface area (Å²) in [6.45, 7) is 2.91. The average Bonchev–Trinajstić information content (AvgIpc) is 2.74. The first kappa shape index (κ1) is 15.4. The zero-order valence-corrected chi connectivity index (χ0v) is 14.4. The topological polar surface area (TPSA) is 55.4 Å². The molecule has 1 unspecified atom stereocenters. The normalized spacial score (nSPS) is 23.7. The van der Waals surface area contributed by atoms with Gasteiger partial charge in [-0.15, -0.1) is 0 Å². The number of hydrogen-bond donors (Lipinski definition) is 1. The van der Waals surface area contributed by atoms with E-state index in [1.54, 1.807) is 18.2 Å². The Morgan fingerprint density at radius 3 is 2.74 bits per heavy atom. The van der Waals surface area contributed by atoms with Gasteiger partial charge in [0.25, 0.3) is 0 Å². The molecule has 1 fully saturated rings. The summed E-state index contributed by atoms with van der Waals surface area (Å²) in [7, 11) is -3.53. The summed E-state index contributed by atoms with van der Waals surface area (Å²) in [5, 5.41) is 0. The number of ether oxygens (including phenoxy) is 1. The Hall–Kier alpha value is 0.0500. The van der Waals surface area contributed by atoms with Crippen molar-refractivity contribution < 1.29 is 13.2 Å². The Bertz CT molecular complexity index is 568. The van der Waals surface area contributed by atoms with Gasteiger partial charge in [0, 0.05) is 22.1 Å². The maximum absolute atomic E-state index is 12.3. The highest BCUT2D eigenvalue weighted by atomic mass is 79.9. The van der Waals surface area contributed by atoms with Crippen LogP contribution in [-0.2, 0) is 14.8 Å². The molecule has 106 valence electrons. The van der Waals surface area contributed by atoms with E-state index in [4.69, 9.17) is 4.74 Å². The van der Waals surface area contributed by atoms with E-state index in [1.165, 1.54) is 0 Å². The van der Waals surface area contributed by atoms with Crippen molar-refractivity contribution in [3.8, 4) is 0 Å². The van der Waals surface area contributed by atoms with Crippen molar-refractivity contribution in [1.29, 1.82) is 0 Å². The van der Waals surface area contributed by atoms with Gasteiger partial charge in [-0.2, -0.15) is 0 Å². The van der Waals surface area contributed by atoms with Crippen LogP contribution in [0.4, 0.5) is 0 Å². The van der Waals surface area contributed by atoms with Crippen molar-refractivity contribution in [1.82, 2.24) is 4.72 Å². The highest BCUT2D eigenvalue weighted by molar-refractivity contribution is 9.11. The number of rotatable bonds is 4. The minimum Gasteiger partial charge on any atom is -0.374 e. The van der Waals surface area contributed by atoms with Gasteiger partial charge in [0.2, 0.25) is 10.0 Å². The fourth-order valence-electron chi connectivity index (χ4n) is 1.99. The van der Waals surface area contributed by atoms with Crippen molar-refractivity contribution in [2.24, 2.45) is 0 Å². The van der Waals surface area contributed by atoms with E-state index >= 15 is 0 Å². The van der Waals surface area contributed by atoms with Gasteiger partial charge < -0.3 is 4.74 Å². The maximum atomic E-state index is 12.3. The molecule has 0 aliphatic carbocycles. The minimum absolute atomic E-state index is 0.234. The minimum atomic E-state index is -3.53. The molecule has 1 heterocycles. The van der Waals surface area contributed by atoms with Gasteiger partial charge in [-0.3, -0.25) is 0 Å². The second kappa shape index (κ2) is 5.81. The van der Waals surface area contributed by atoms with Crippen LogP contribution in [0.15, 0.2) is 32.0 Å². The summed E-state index contributed by atoms with van der Waals surface area (Å²) in [4.78, 5) is 0.234. The molecule has 1 aromatic carbocycles. The number of halogens is 2. The zero-order valence-electron chi connectivity index (χ0n) is 10.4. The molecule has 1 aliphatic rings. The van der Waals surface area contributed by atoms with Gasteiger partial charge in [-0.25, -0.2) is 13.1 Å². The predicted molar refractivity (Wildman–Crippen MR) is 80.6 cm³/mol. The van der Waals surface area contributed by atoms with E-state index in [0.717, 1.165) is 17.3 Å². The molecular formula is C12H15Br2NO3S. The van der Waals surface area contributed by atoms with Crippen molar-refractivity contribution in [2.45, 2.75) is 30.3 Å². The third kappa shape index (κ3) is 3.78. The highest BCUT2D eigenvalue weighted by Crippen LogP contribution is 2.27. The van der Waals surface area contributed by atoms with Gasteiger partial charge in [0.15, 0.2) is 0 Å². The molecule has 0 amide bonds. The number of hydrogen-bond acceptors (Lipinski definition) is 3. The summed E-state index contributed by atoms with van der Waals surface area (Å²) in [6.07, 6.45) is 1.84. The first-order valence-electron chi connectivity index (χ1n) is 5.91. The lowest BCUT2D eigenvalue weighted by Gasteiger charge is -2.23. The van der Waals surface area contributed by atoms with Gasteiger partial charge in [-0.05, 0) is 53.9 Å². The Balaban J connectivity index is 2.14. The fourth-order valence-corrected chi connectivity index (χ4v) is 4.89. The smallest absolute Gasteiger partial charge is 0.241 e. The number of nitrogens with one attached hydrogen (secondary N) is 1. The Morgan fingerprint density at radius 2 is 2.16 bits per heavy atom. The quantitative estimate of drug-likeness (QED) is 0.826. The molecule has 0 radical (unpaired) electrons. The average molecular weight is 413 g/mol. The first-order valence-corrected chi connectivity index (χ1v) is 8.98. The van der Waals surface area contributed by atoms with Crippen LogP contribution < -0.4 is 4.72 Å². The molecule has 2 rings (SSSR count). The predicted octanol–water partition coefficient (Wildman–Crippen LogP) is 3.06. The lowest BCUT2D eigenvalue weighted by Crippen LogP contribution is -2.40. The molecule has 1 atom stereocenters. The number of sulfonamides is 1. The van der Waals surface area contributed by atoms with Crippen LogP contribution >= 0.6 is 31.9 Å². The molecule has 1 saturated heterocycles. The summed E-state index contributed by atoms with van der Waals surface area (Å²) < 4.78 is 34.1. The van der Waals surface area contributed by atoms with E-state index in [-0.39, 0.29) is 11.4 Å². The van der Waals surface area contributed by atoms with Crippen LogP contribution in [0.3, 0.4) is 0 Å². The zero-order chi connectivity index (χ0) is 14.1. The molecule has 7 heteroatoms. The third-order valence-corrected chi connectivity index (χ3v) is 5.99. The van der Waals surface area contributed by atoms with Crippen LogP contribution in [0, 0.1) is 0 Å². The van der Waals surface area contributed by atoms with Crippen LogP contribution in [0.25, 0.3) is 0 Å². The molecule has 4 nitrogen and oxygen atoms in total. The second-order valence-electron chi connectivity index (χ2n) is 4.80. The summed E-state index contributed by atoms with van der Waals surface area (Å²) in [5.74, 6) is 0. The Kier molecular flexibility index (Phi) is 4.72. The summed E-state index contributed by atoms with van der Waals surface area (Å²) >= 11 is 6.57. The highest BCUT2D eigenvalue weighted by Gasteiger charge is 2.31. The van der Waals surface area contributed by atoms with Crippen molar-refractivity contribution in [2.75, 3.05) is 13.2 Å². The van der Waals surface area contributed by atoms with Crippen molar-refractivity contribution in [3.63, 3.8) is 0 Å². The van der Waals surface area contributed by atoms with E-state index in [0.29, 0.717) is 11.1 Å². The molecule has 1 aliphatic heterocycles. The van der Waals surface area contributed by atoms with Crippen molar-refractivity contribution >= 4 is 41.9 Å². The molecule has 0 saturated carbocycles. The lowest BCUT2D eigenvalue weighted by atomic mass is 10.0. The van der Waals surface area contributed by atoms with Gasteiger partial charge >= 0.3 is 0 Å². The second-order valence-corrected chi connectivity index (χ2v) is 8.31. The molecule has 0 aromatic heterocycles. The molecule has 19 heavy (non-hydrogen) atoms. The maximum Gasteiger partial charge on any atom is 0.241 e. The molecular weight excluding hydrogens is 398 g/mol. The van der Waals surface area contributed by atoms with Crippen LogP contribution in [0.2, 0.25) is 0 Å². The van der Waals surface area contributed by atoms with Crippen LogP contribution in [0.1, 0.15) is 19.8 Å². The molecule has 0 bridgehead atoms. The Labute approximate surface area is 130 Å². The third-order valence-electron chi connectivity index (χ3n) is 3.12. The van der Waals surface area contributed by atoms with Crippen molar-refractivity contribution in [3.05, 3.63) is 27.1 Å². The summed E-state index contributed by atoms with van der Waals surface area (Å²) in [5.41, 5.74) is -0.394. The van der Waals surface area contributed by atoms with Gasteiger partial charge in [0.1, 0.15) is 0 Å². The SMILES string of the molecule is CC1(CNS(=O)(=O)c2ccc(Br)cc2Br)CCCO1. The largest absolute Gasteiger partial charge is 0.374 e.